The van der Waals surface area contributed by atoms with Crippen LogP contribution in [-0.2, 0) is 7.05 Å². The summed E-state index contributed by atoms with van der Waals surface area (Å²) in [6.07, 6.45) is 0. The average Bonchev–Trinajstić information content (AvgIpc) is 1.83. The second-order valence-electron chi connectivity index (χ2n) is 1.75. The van der Waals surface area contributed by atoms with Crippen LogP contribution in [0.4, 0.5) is 0 Å². The quantitative estimate of drug-likeness (QED) is 0.485. The minimum absolute atomic E-state index is 0.0434. The molecule has 1 rings (SSSR count). The van der Waals surface area contributed by atoms with Crippen LogP contribution in [0.1, 0.15) is 0 Å². The zero-order valence-electron chi connectivity index (χ0n) is 4.97. The van der Waals surface area contributed by atoms with Crippen LogP contribution >= 0.6 is 22.6 Å². The summed E-state index contributed by atoms with van der Waals surface area (Å²) >= 11 is 2.11. The predicted octanol–water partition coefficient (Wildman–Crippen LogP) is 0.990. The van der Waals surface area contributed by atoms with Gasteiger partial charge < -0.3 is 4.57 Å². The van der Waals surface area contributed by atoms with Gasteiger partial charge in [-0.2, -0.15) is 0 Å². The van der Waals surface area contributed by atoms with Crippen LogP contribution in [0.5, 0.6) is 0 Å². The van der Waals surface area contributed by atoms with Crippen LogP contribution in [-0.4, -0.2) is 4.57 Å². The summed E-state index contributed by atoms with van der Waals surface area (Å²) < 4.78 is 2.56. The van der Waals surface area contributed by atoms with Crippen molar-refractivity contribution >= 4 is 22.6 Å². The van der Waals surface area contributed by atoms with Crippen LogP contribution in [0, 0.1) is 3.70 Å². The summed E-state index contributed by atoms with van der Waals surface area (Å²) in [5.74, 6) is 0. The largest absolute Gasteiger partial charge is 0.307 e. The van der Waals surface area contributed by atoms with Gasteiger partial charge in [0.05, 0.1) is 3.70 Å². The van der Waals surface area contributed by atoms with Gasteiger partial charge in [0.25, 0.3) is 5.56 Å². The molecule has 0 aromatic carbocycles. The molecule has 0 amide bonds. The highest BCUT2D eigenvalue weighted by Crippen LogP contribution is 1.96. The fourth-order valence-electron chi connectivity index (χ4n) is 0.539. The molecule has 48 valence electrons. The van der Waals surface area contributed by atoms with Crippen LogP contribution in [0.2, 0.25) is 0 Å². The van der Waals surface area contributed by atoms with Crippen molar-refractivity contribution in [2.75, 3.05) is 0 Å². The van der Waals surface area contributed by atoms with Crippen molar-refractivity contribution in [3.05, 3.63) is 32.3 Å². The molecule has 3 heteroatoms. The Balaban J connectivity index is 3.43. The fourth-order valence-corrected chi connectivity index (χ4v) is 0.984. The number of pyridine rings is 1. The SMILES string of the molecule is Cn1c(I)cccc1=O. The van der Waals surface area contributed by atoms with Crippen molar-refractivity contribution in [3.8, 4) is 0 Å². The number of nitrogens with zero attached hydrogens (tertiary/aromatic N) is 1. The van der Waals surface area contributed by atoms with Gasteiger partial charge in [-0.1, -0.05) is 6.07 Å². The standard InChI is InChI=1S/C6H6INO/c1-8-5(7)3-2-4-6(8)9/h2-4H,1H3. The van der Waals surface area contributed by atoms with E-state index in [1.807, 2.05) is 6.07 Å². The minimum atomic E-state index is 0.0434. The molecule has 0 fully saturated rings. The van der Waals surface area contributed by atoms with Crippen molar-refractivity contribution in [1.82, 2.24) is 4.57 Å². The molecule has 0 saturated heterocycles. The first-order valence-corrected chi connectivity index (χ1v) is 3.61. The molecular formula is C6H6INO. The fraction of sp³-hybridized carbons (Fsp3) is 0.167. The maximum atomic E-state index is 10.8. The summed E-state index contributed by atoms with van der Waals surface area (Å²) in [7, 11) is 1.75. The van der Waals surface area contributed by atoms with Gasteiger partial charge in [-0.15, -0.1) is 0 Å². The maximum Gasteiger partial charge on any atom is 0.251 e. The van der Waals surface area contributed by atoms with E-state index in [1.165, 1.54) is 0 Å². The second kappa shape index (κ2) is 2.51. The monoisotopic (exact) mass is 235 g/mol. The van der Waals surface area contributed by atoms with E-state index in [-0.39, 0.29) is 5.56 Å². The van der Waals surface area contributed by atoms with Gasteiger partial charge in [0.1, 0.15) is 0 Å². The molecule has 1 aromatic rings. The Kier molecular flexibility index (Phi) is 1.90. The van der Waals surface area contributed by atoms with Gasteiger partial charge in [0, 0.05) is 13.1 Å². The van der Waals surface area contributed by atoms with Gasteiger partial charge in [-0.3, -0.25) is 4.79 Å². The summed E-state index contributed by atoms with van der Waals surface area (Å²) in [6, 6.07) is 5.19. The third-order valence-electron chi connectivity index (χ3n) is 1.12. The molecule has 0 radical (unpaired) electrons. The van der Waals surface area contributed by atoms with Crippen LogP contribution in [0.15, 0.2) is 23.0 Å². The van der Waals surface area contributed by atoms with Gasteiger partial charge >= 0.3 is 0 Å². The van der Waals surface area contributed by atoms with Crippen LogP contribution in [0.3, 0.4) is 0 Å². The molecule has 0 atom stereocenters. The minimum Gasteiger partial charge on any atom is -0.307 e. The molecular weight excluding hydrogens is 229 g/mol. The lowest BCUT2D eigenvalue weighted by molar-refractivity contribution is 0.832. The van der Waals surface area contributed by atoms with Gasteiger partial charge in [0.15, 0.2) is 0 Å². The Bertz CT molecular complexity index is 266. The number of hydrogen-bond acceptors (Lipinski definition) is 1. The van der Waals surface area contributed by atoms with E-state index >= 15 is 0 Å². The van der Waals surface area contributed by atoms with Gasteiger partial charge in [-0.05, 0) is 28.7 Å². The highest BCUT2D eigenvalue weighted by molar-refractivity contribution is 14.1. The first-order valence-electron chi connectivity index (χ1n) is 2.53. The molecule has 1 heterocycles. The molecule has 2 nitrogen and oxygen atoms in total. The number of aromatic nitrogens is 1. The lowest BCUT2D eigenvalue weighted by atomic mass is 10.5. The van der Waals surface area contributed by atoms with E-state index in [1.54, 1.807) is 23.7 Å². The summed E-state index contributed by atoms with van der Waals surface area (Å²) in [4.78, 5) is 10.8. The van der Waals surface area contributed by atoms with Crippen molar-refractivity contribution in [1.29, 1.82) is 0 Å². The first kappa shape index (κ1) is 6.80. The Hall–Kier alpha value is -0.320. The van der Waals surface area contributed by atoms with Crippen molar-refractivity contribution in [2.45, 2.75) is 0 Å². The first-order chi connectivity index (χ1) is 4.22. The topological polar surface area (TPSA) is 22.0 Å². The zero-order chi connectivity index (χ0) is 6.85. The Morgan fingerprint density at radius 3 is 2.67 bits per heavy atom. The third-order valence-corrected chi connectivity index (χ3v) is 2.21. The maximum absolute atomic E-state index is 10.8. The van der Waals surface area contributed by atoms with Crippen LogP contribution < -0.4 is 5.56 Å². The predicted molar refractivity (Wildman–Crippen MR) is 44.4 cm³/mol. The molecule has 0 unspecified atom stereocenters. The molecule has 0 saturated carbocycles. The molecule has 0 spiro atoms. The lowest BCUT2D eigenvalue weighted by Crippen LogP contribution is -2.16. The van der Waals surface area contributed by atoms with E-state index in [9.17, 15) is 4.79 Å². The Morgan fingerprint density at radius 2 is 2.22 bits per heavy atom. The molecule has 9 heavy (non-hydrogen) atoms. The Labute approximate surface area is 66.6 Å². The lowest BCUT2D eigenvalue weighted by Gasteiger charge is -1.96. The summed E-state index contributed by atoms with van der Waals surface area (Å²) in [6.45, 7) is 0. The van der Waals surface area contributed by atoms with Gasteiger partial charge in [0.2, 0.25) is 0 Å². The zero-order valence-corrected chi connectivity index (χ0v) is 7.12. The summed E-state index contributed by atoms with van der Waals surface area (Å²) in [5, 5.41) is 0. The van der Waals surface area contributed by atoms with E-state index in [2.05, 4.69) is 22.6 Å². The third kappa shape index (κ3) is 1.32. The van der Waals surface area contributed by atoms with E-state index < -0.39 is 0 Å². The molecule has 0 N–H and O–H groups in total. The highest BCUT2D eigenvalue weighted by atomic mass is 127. The van der Waals surface area contributed by atoms with Crippen LogP contribution in [0.25, 0.3) is 0 Å². The summed E-state index contributed by atoms with van der Waals surface area (Å²) in [5.41, 5.74) is 0.0434. The number of hydrogen-bond donors (Lipinski definition) is 0. The Morgan fingerprint density at radius 1 is 1.56 bits per heavy atom. The van der Waals surface area contributed by atoms with E-state index in [0.717, 1.165) is 3.70 Å². The highest BCUT2D eigenvalue weighted by Gasteiger charge is 1.90. The van der Waals surface area contributed by atoms with Crippen molar-refractivity contribution in [3.63, 3.8) is 0 Å². The molecule has 0 aliphatic rings. The number of rotatable bonds is 0. The molecule has 0 aliphatic heterocycles. The second-order valence-corrected chi connectivity index (χ2v) is 2.85. The van der Waals surface area contributed by atoms with E-state index in [0.29, 0.717) is 0 Å². The molecule has 0 aliphatic carbocycles. The number of halogens is 1. The smallest absolute Gasteiger partial charge is 0.251 e. The average molecular weight is 235 g/mol. The molecule has 0 bridgehead atoms. The van der Waals surface area contributed by atoms with Gasteiger partial charge in [-0.25, -0.2) is 0 Å². The van der Waals surface area contributed by atoms with Crippen molar-refractivity contribution < 1.29 is 0 Å². The van der Waals surface area contributed by atoms with E-state index in [4.69, 9.17) is 0 Å². The van der Waals surface area contributed by atoms with Crippen molar-refractivity contribution in [2.24, 2.45) is 7.05 Å². The molecule has 1 aromatic heterocycles. The normalized spacial score (nSPS) is 9.56.